The fraction of sp³-hybridized carbons (Fsp3) is 0.300. The fourth-order valence-electron chi connectivity index (χ4n) is 2.93. The maximum atomic E-state index is 12.2. The van der Waals surface area contributed by atoms with Crippen molar-refractivity contribution in [3.8, 4) is 0 Å². The van der Waals surface area contributed by atoms with Gasteiger partial charge in [0.25, 0.3) is 0 Å². The Labute approximate surface area is 141 Å². The van der Waals surface area contributed by atoms with E-state index in [1.807, 2.05) is 18.2 Å². The van der Waals surface area contributed by atoms with E-state index in [0.29, 0.717) is 18.9 Å². The molecule has 0 saturated heterocycles. The van der Waals surface area contributed by atoms with E-state index in [1.165, 1.54) is 11.1 Å². The van der Waals surface area contributed by atoms with Crippen LogP contribution in [-0.2, 0) is 17.8 Å². The third-order valence-electron chi connectivity index (χ3n) is 4.21. The summed E-state index contributed by atoms with van der Waals surface area (Å²) in [6.07, 6.45) is 3.72. The van der Waals surface area contributed by atoms with Crippen LogP contribution in [-0.4, -0.2) is 10.9 Å². The minimum atomic E-state index is -0.0324. The molecule has 24 heavy (non-hydrogen) atoms. The minimum absolute atomic E-state index is 0.0324. The average Bonchev–Trinajstić information content (AvgIpc) is 2.94. The van der Waals surface area contributed by atoms with Crippen molar-refractivity contribution in [3.05, 3.63) is 65.2 Å². The molecule has 124 valence electrons. The number of furan rings is 1. The molecule has 0 aliphatic rings. The van der Waals surface area contributed by atoms with E-state index in [9.17, 15) is 4.79 Å². The van der Waals surface area contributed by atoms with Crippen LogP contribution >= 0.6 is 0 Å². The van der Waals surface area contributed by atoms with Crippen molar-refractivity contribution in [2.24, 2.45) is 0 Å². The van der Waals surface area contributed by atoms with Crippen molar-refractivity contribution >= 4 is 16.9 Å². The van der Waals surface area contributed by atoms with Gasteiger partial charge in [-0.1, -0.05) is 19.9 Å². The predicted octanol–water partition coefficient (Wildman–Crippen LogP) is 4.12. The molecule has 3 rings (SSSR count). The smallest absolute Gasteiger partial charge is 0.224 e. The van der Waals surface area contributed by atoms with E-state index < -0.39 is 0 Å². The lowest BCUT2D eigenvalue weighted by Crippen LogP contribution is -2.24. The summed E-state index contributed by atoms with van der Waals surface area (Å²) in [6, 6.07) is 9.87. The summed E-state index contributed by atoms with van der Waals surface area (Å²) in [6.45, 7) is 6.88. The number of nitrogens with zero attached hydrogens (tertiary/aromatic N) is 1. The maximum absolute atomic E-state index is 12.2. The zero-order valence-electron chi connectivity index (χ0n) is 14.3. The standard InChI is InChI=1S/C20H22N2O2/c1-13(2)17-10-18-15(12-24-19(18)8-14(17)3)9-20(23)22-11-16-6-4-5-7-21-16/h4-8,10,12-13H,9,11H2,1-3H3,(H,22,23). The number of hydrogen-bond donors (Lipinski definition) is 1. The van der Waals surface area contributed by atoms with Gasteiger partial charge in [0.05, 0.1) is 24.9 Å². The van der Waals surface area contributed by atoms with Gasteiger partial charge < -0.3 is 9.73 Å². The molecule has 1 N–H and O–H groups in total. The second-order valence-electron chi connectivity index (χ2n) is 6.40. The Morgan fingerprint density at radius 3 is 2.83 bits per heavy atom. The normalized spacial score (nSPS) is 11.2. The topological polar surface area (TPSA) is 55.1 Å². The monoisotopic (exact) mass is 322 g/mol. The van der Waals surface area contributed by atoms with E-state index in [2.05, 4.69) is 43.2 Å². The molecule has 2 aromatic heterocycles. The lowest BCUT2D eigenvalue weighted by atomic mass is 9.95. The molecule has 3 aromatic rings. The van der Waals surface area contributed by atoms with Gasteiger partial charge >= 0.3 is 0 Å². The van der Waals surface area contributed by atoms with Crippen LogP contribution in [0.3, 0.4) is 0 Å². The van der Waals surface area contributed by atoms with Gasteiger partial charge in [0.2, 0.25) is 5.91 Å². The van der Waals surface area contributed by atoms with Gasteiger partial charge in [-0.2, -0.15) is 0 Å². The Hall–Kier alpha value is -2.62. The van der Waals surface area contributed by atoms with Crippen molar-refractivity contribution in [2.75, 3.05) is 0 Å². The molecular formula is C20H22N2O2. The summed E-state index contributed by atoms with van der Waals surface area (Å²) in [5, 5.41) is 3.93. The van der Waals surface area contributed by atoms with Crippen molar-refractivity contribution < 1.29 is 9.21 Å². The number of amides is 1. The Morgan fingerprint density at radius 2 is 2.12 bits per heavy atom. The number of nitrogens with one attached hydrogen (secondary N) is 1. The van der Waals surface area contributed by atoms with Crippen LogP contribution in [0.1, 0.15) is 42.1 Å². The summed E-state index contributed by atoms with van der Waals surface area (Å²) >= 11 is 0. The number of fused-ring (bicyclic) bond motifs is 1. The van der Waals surface area contributed by atoms with Gasteiger partial charge in [0.15, 0.2) is 0 Å². The molecule has 4 nitrogen and oxygen atoms in total. The van der Waals surface area contributed by atoms with E-state index in [1.54, 1.807) is 12.5 Å². The highest BCUT2D eigenvalue weighted by atomic mass is 16.3. The van der Waals surface area contributed by atoms with Crippen LogP contribution in [0.5, 0.6) is 0 Å². The highest BCUT2D eigenvalue weighted by Gasteiger charge is 2.14. The SMILES string of the molecule is Cc1cc2occ(CC(=O)NCc3ccccn3)c2cc1C(C)C. The quantitative estimate of drug-likeness (QED) is 0.769. The summed E-state index contributed by atoms with van der Waals surface area (Å²) in [7, 11) is 0. The number of pyridine rings is 1. The Balaban J connectivity index is 1.75. The van der Waals surface area contributed by atoms with Crippen LogP contribution in [0.15, 0.2) is 47.2 Å². The average molecular weight is 322 g/mol. The molecule has 0 atom stereocenters. The zero-order chi connectivity index (χ0) is 17.1. The van der Waals surface area contributed by atoms with Crippen molar-refractivity contribution in [1.29, 1.82) is 0 Å². The Morgan fingerprint density at radius 1 is 1.29 bits per heavy atom. The van der Waals surface area contributed by atoms with Gasteiger partial charge in [-0.3, -0.25) is 9.78 Å². The number of carbonyl (C=O) groups is 1. The van der Waals surface area contributed by atoms with Gasteiger partial charge in [0.1, 0.15) is 5.58 Å². The summed E-state index contributed by atoms with van der Waals surface area (Å²) in [5.74, 6) is 0.408. The highest BCUT2D eigenvalue weighted by Crippen LogP contribution is 2.29. The van der Waals surface area contributed by atoms with Gasteiger partial charge in [-0.25, -0.2) is 0 Å². The van der Waals surface area contributed by atoms with E-state index in [4.69, 9.17) is 4.42 Å². The molecule has 1 amide bonds. The minimum Gasteiger partial charge on any atom is -0.464 e. The lowest BCUT2D eigenvalue weighted by Gasteiger charge is -2.10. The molecule has 0 aliphatic carbocycles. The van der Waals surface area contributed by atoms with E-state index in [-0.39, 0.29) is 5.91 Å². The van der Waals surface area contributed by atoms with Crippen LogP contribution in [0.4, 0.5) is 0 Å². The molecule has 1 aromatic carbocycles. The molecule has 0 aliphatic heterocycles. The van der Waals surface area contributed by atoms with Gasteiger partial charge in [-0.15, -0.1) is 0 Å². The molecule has 0 unspecified atom stereocenters. The third-order valence-corrected chi connectivity index (χ3v) is 4.21. The molecule has 0 fully saturated rings. The first-order valence-corrected chi connectivity index (χ1v) is 8.22. The maximum Gasteiger partial charge on any atom is 0.224 e. The van der Waals surface area contributed by atoms with Crippen molar-refractivity contribution in [2.45, 2.75) is 39.7 Å². The van der Waals surface area contributed by atoms with Crippen molar-refractivity contribution in [1.82, 2.24) is 10.3 Å². The van der Waals surface area contributed by atoms with Crippen LogP contribution in [0, 0.1) is 6.92 Å². The molecule has 4 heteroatoms. The molecular weight excluding hydrogens is 300 g/mol. The first-order chi connectivity index (χ1) is 11.5. The third kappa shape index (κ3) is 3.48. The second kappa shape index (κ2) is 6.87. The molecule has 2 heterocycles. The molecule has 0 bridgehead atoms. The number of rotatable bonds is 5. The van der Waals surface area contributed by atoms with Gasteiger partial charge in [-0.05, 0) is 48.2 Å². The van der Waals surface area contributed by atoms with Crippen LogP contribution in [0.2, 0.25) is 0 Å². The van der Waals surface area contributed by atoms with E-state index in [0.717, 1.165) is 22.2 Å². The number of carbonyl (C=O) groups excluding carboxylic acids is 1. The summed E-state index contributed by atoms with van der Waals surface area (Å²) < 4.78 is 5.64. The number of aromatic nitrogens is 1. The fourth-order valence-corrected chi connectivity index (χ4v) is 2.93. The summed E-state index contributed by atoms with van der Waals surface area (Å²) in [5.41, 5.74) is 5.12. The van der Waals surface area contributed by atoms with Crippen LogP contribution < -0.4 is 5.32 Å². The Kier molecular flexibility index (Phi) is 4.65. The first kappa shape index (κ1) is 16.2. The lowest BCUT2D eigenvalue weighted by molar-refractivity contribution is -0.120. The molecule has 0 spiro atoms. The number of hydrogen-bond acceptors (Lipinski definition) is 3. The van der Waals surface area contributed by atoms with Crippen LogP contribution in [0.25, 0.3) is 11.0 Å². The summed E-state index contributed by atoms with van der Waals surface area (Å²) in [4.78, 5) is 16.4. The molecule has 0 saturated carbocycles. The largest absolute Gasteiger partial charge is 0.464 e. The molecule has 0 radical (unpaired) electrons. The first-order valence-electron chi connectivity index (χ1n) is 8.22. The van der Waals surface area contributed by atoms with Crippen molar-refractivity contribution in [3.63, 3.8) is 0 Å². The number of aryl methyl sites for hydroxylation is 1. The predicted molar refractivity (Wildman–Crippen MR) is 94.8 cm³/mol. The highest BCUT2D eigenvalue weighted by molar-refractivity contribution is 5.88. The second-order valence-corrected chi connectivity index (χ2v) is 6.40. The number of benzene rings is 1. The van der Waals surface area contributed by atoms with E-state index >= 15 is 0 Å². The van der Waals surface area contributed by atoms with Gasteiger partial charge in [0, 0.05) is 17.1 Å². The Bertz CT molecular complexity index is 851. The zero-order valence-corrected chi connectivity index (χ0v) is 14.3.